The van der Waals surface area contributed by atoms with E-state index in [2.05, 4.69) is 5.32 Å². The van der Waals surface area contributed by atoms with Gasteiger partial charge in [-0.1, -0.05) is 11.6 Å². The summed E-state index contributed by atoms with van der Waals surface area (Å²) < 4.78 is 10.5. The second kappa shape index (κ2) is 5.11. The number of hydrogen-bond acceptors (Lipinski definition) is 5. The molecule has 0 bridgehead atoms. The van der Waals surface area contributed by atoms with E-state index in [0.29, 0.717) is 16.3 Å². The van der Waals surface area contributed by atoms with Crippen molar-refractivity contribution in [3.8, 4) is 5.75 Å². The van der Waals surface area contributed by atoms with Crippen molar-refractivity contribution in [1.82, 2.24) is 5.32 Å². The van der Waals surface area contributed by atoms with Crippen LogP contribution in [0.5, 0.6) is 5.75 Å². The van der Waals surface area contributed by atoms with Crippen LogP contribution in [-0.2, 0) is 16.0 Å². The van der Waals surface area contributed by atoms with Gasteiger partial charge in [0.05, 0.1) is 23.4 Å². The molecule has 2 aliphatic rings. The first-order chi connectivity index (χ1) is 10.0. The minimum Gasteiger partial charge on any atom is -0.495 e. The minimum atomic E-state index is -1.03. The SMILES string of the molecule is COc1c(Cl)cc2c(c1C1OC(=O)NC1=O)N(C)CCC2. The van der Waals surface area contributed by atoms with Gasteiger partial charge < -0.3 is 14.4 Å². The van der Waals surface area contributed by atoms with Crippen molar-refractivity contribution in [2.45, 2.75) is 18.9 Å². The Balaban J connectivity index is 2.23. The van der Waals surface area contributed by atoms with Gasteiger partial charge in [0.25, 0.3) is 5.91 Å². The molecule has 6 nitrogen and oxygen atoms in total. The maximum Gasteiger partial charge on any atom is 0.415 e. The smallest absolute Gasteiger partial charge is 0.415 e. The van der Waals surface area contributed by atoms with Crippen molar-refractivity contribution in [2.75, 3.05) is 25.6 Å². The first-order valence-electron chi connectivity index (χ1n) is 6.64. The van der Waals surface area contributed by atoms with Crippen LogP contribution in [0.4, 0.5) is 10.5 Å². The molecular formula is C14H15ClN2O4. The molecule has 0 radical (unpaired) electrons. The van der Waals surface area contributed by atoms with Gasteiger partial charge in [0, 0.05) is 13.6 Å². The summed E-state index contributed by atoms with van der Waals surface area (Å²) in [5.41, 5.74) is 2.41. The number of cyclic esters (lactones) is 1. The summed E-state index contributed by atoms with van der Waals surface area (Å²) in [5.74, 6) is -0.124. The fourth-order valence-corrected chi connectivity index (χ4v) is 3.26. The van der Waals surface area contributed by atoms with E-state index >= 15 is 0 Å². The summed E-state index contributed by atoms with van der Waals surface area (Å²) in [5, 5.41) is 2.55. The van der Waals surface area contributed by atoms with E-state index in [0.717, 1.165) is 30.6 Å². The second-order valence-electron chi connectivity index (χ2n) is 5.11. The van der Waals surface area contributed by atoms with Gasteiger partial charge in [0.2, 0.25) is 6.10 Å². The van der Waals surface area contributed by atoms with E-state index in [-0.39, 0.29) is 0 Å². The lowest BCUT2D eigenvalue weighted by Gasteiger charge is -2.32. The monoisotopic (exact) mass is 310 g/mol. The molecule has 0 saturated carbocycles. The molecule has 2 heterocycles. The number of nitrogens with zero attached hydrogens (tertiary/aromatic N) is 1. The van der Waals surface area contributed by atoms with Gasteiger partial charge in [-0.25, -0.2) is 4.79 Å². The highest BCUT2D eigenvalue weighted by Gasteiger charge is 2.40. The van der Waals surface area contributed by atoms with E-state index in [1.165, 1.54) is 7.11 Å². The van der Waals surface area contributed by atoms with Crippen LogP contribution in [0.2, 0.25) is 5.02 Å². The molecule has 21 heavy (non-hydrogen) atoms. The Morgan fingerprint density at radius 2 is 2.24 bits per heavy atom. The van der Waals surface area contributed by atoms with Crippen LogP contribution in [0.1, 0.15) is 23.7 Å². The third-order valence-electron chi connectivity index (χ3n) is 3.80. The van der Waals surface area contributed by atoms with Gasteiger partial charge in [0.15, 0.2) is 0 Å². The normalized spacial score (nSPS) is 20.9. The highest BCUT2D eigenvalue weighted by molar-refractivity contribution is 6.32. The average molecular weight is 311 g/mol. The number of ether oxygens (including phenoxy) is 2. The molecule has 1 aromatic rings. The number of amides is 2. The zero-order valence-electron chi connectivity index (χ0n) is 11.7. The second-order valence-corrected chi connectivity index (χ2v) is 5.52. The highest BCUT2D eigenvalue weighted by Crippen LogP contribution is 2.46. The van der Waals surface area contributed by atoms with Crippen LogP contribution in [0.25, 0.3) is 0 Å². The number of hydrogen-bond donors (Lipinski definition) is 1. The van der Waals surface area contributed by atoms with Gasteiger partial charge in [-0.3, -0.25) is 10.1 Å². The standard InChI is InChI=1S/C14H15ClN2O4/c1-17-5-3-4-7-6-8(15)11(20-2)9(10(7)17)12-13(18)16-14(19)21-12/h6,12H,3-5H2,1-2H3,(H,16,18,19). The lowest BCUT2D eigenvalue weighted by Crippen LogP contribution is -2.28. The molecule has 0 spiro atoms. The van der Waals surface area contributed by atoms with Crippen LogP contribution in [-0.4, -0.2) is 32.7 Å². The molecule has 1 N–H and O–H groups in total. The predicted molar refractivity (Wildman–Crippen MR) is 77.0 cm³/mol. The van der Waals surface area contributed by atoms with Crippen LogP contribution in [0.15, 0.2) is 6.07 Å². The van der Waals surface area contributed by atoms with E-state index in [1.807, 2.05) is 18.0 Å². The molecule has 1 saturated heterocycles. The van der Waals surface area contributed by atoms with Crippen molar-refractivity contribution in [2.24, 2.45) is 0 Å². The summed E-state index contributed by atoms with van der Waals surface area (Å²) in [6.45, 7) is 0.854. The van der Waals surface area contributed by atoms with Crippen molar-refractivity contribution in [3.63, 3.8) is 0 Å². The number of anilines is 1. The summed E-state index contributed by atoms with van der Waals surface area (Å²) in [4.78, 5) is 25.3. The Hall–Kier alpha value is -1.95. The number of aryl methyl sites for hydroxylation is 1. The third kappa shape index (κ3) is 2.19. The largest absolute Gasteiger partial charge is 0.495 e. The van der Waals surface area contributed by atoms with Crippen LogP contribution in [0, 0.1) is 0 Å². The Morgan fingerprint density at radius 1 is 1.48 bits per heavy atom. The van der Waals surface area contributed by atoms with Crippen molar-refractivity contribution in [3.05, 3.63) is 22.2 Å². The summed E-state index contributed by atoms with van der Waals surface area (Å²) in [6.07, 6.45) is 0.0840. The van der Waals surface area contributed by atoms with E-state index in [4.69, 9.17) is 21.1 Å². The number of fused-ring (bicyclic) bond motifs is 1. The van der Waals surface area contributed by atoms with E-state index in [9.17, 15) is 9.59 Å². The van der Waals surface area contributed by atoms with Crippen molar-refractivity contribution < 1.29 is 19.1 Å². The highest BCUT2D eigenvalue weighted by atomic mass is 35.5. The molecule has 1 atom stereocenters. The molecule has 2 amide bonds. The van der Waals surface area contributed by atoms with Crippen molar-refractivity contribution in [1.29, 1.82) is 0 Å². The quantitative estimate of drug-likeness (QED) is 0.905. The van der Waals surface area contributed by atoms with E-state index < -0.39 is 18.1 Å². The first kappa shape index (κ1) is 14.0. The summed E-state index contributed by atoms with van der Waals surface area (Å²) in [7, 11) is 3.41. The number of halogens is 1. The molecule has 1 unspecified atom stereocenters. The summed E-state index contributed by atoms with van der Waals surface area (Å²) in [6, 6.07) is 1.85. The lowest BCUT2D eigenvalue weighted by atomic mass is 9.94. The van der Waals surface area contributed by atoms with Crippen LogP contribution >= 0.6 is 11.6 Å². The molecule has 7 heteroatoms. The number of nitrogens with one attached hydrogen (secondary N) is 1. The molecule has 0 aliphatic carbocycles. The first-order valence-corrected chi connectivity index (χ1v) is 7.02. The number of alkyl carbamates (subject to hydrolysis) is 1. The molecular weight excluding hydrogens is 296 g/mol. The van der Waals surface area contributed by atoms with Crippen molar-refractivity contribution >= 4 is 29.3 Å². The van der Waals surface area contributed by atoms with Crippen LogP contribution in [0.3, 0.4) is 0 Å². The topological polar surface area (TPSA) is 67.9 Å². The molecule has 1 aromatic carbocycles. The average Bonchev–Trinajstić information content (AvgIpc) is 2.76. The molecule has 0 aromatic heterocycles. The lowest BCUT2D eigenvalue weighted by molar-refractivity contribution is -0.123. The third-order valence-corrected chi connectivity index (χ3v) is 4.08. The fourth-order valence-electron chi connectivity index (χ4n) is 2.95. The number of methoxy groups -OCH3 is 1. The van der Waals surface area contributed by atoms with Gasteiger partial charge in [-0.05, 0) is 24.5 Å². The van der Waals surface area contributed by atoms with Gasteiger partial charge in [0.1, 0.15) is 5.75 Å². The predicted octanol–water partition coefficient (Wildman–Crippen LogP) is 2.04. The molecule has 1 fully saturated rings. The fraction of sp³-hybridized carbons (Fsp3) is 0.429. The Labute approximate surface area is 127 Å². The molecule has 2 aliphatic heterocycles. The summed E-state index contributed by atoms with van der Waals surface area (Å²) >= 11 is 6.26. The number of benzene rings is 1. The zero-order valence-corrected chi connectivity index (χ0v) is 12.5. The zero-order chi connectivity index (χ0) is 15.1. The maximum absolute atomic E-state index is 12.0. The minimum absolute atomic E-state index is 0.374. The molecule has 112 valence electrons. The van der Waals surface area contributed by atoms with Gasteiger partial charge in [-0.15, -0.1) is 0 Å². The van der Waals surface area contributed by atoms with E-state index in [1.54, 1.807) is 0 Å². The number of carbonyl (C=O) groups is 2. The Bertz CT molecular complexity index is 632. The Morgan fingerprint density at radius 3 is 2.86 bits per heavy atom. The van der Waals surface area contributed by atoms with Gasteiger partial charge >= 0.3 is 6.09 Å². The number of rotatable bonds is 2. The molecule has 3 rings (SSSR count). The van der Waals surface area contributed by atoms with Gasteiger partial charge in [-0.2, -0.15) is 0 Å². The number of carbonyl (C=O) groups excluding carboxylic acids is 2. The number of imide groups is 1. The Kier molecular flexibility index (Phi) is 3.41. The maximum atomic E-state index is 12.0. The van der Waals surface area contributed by atoms with Crippen LogP contribution < -0.4 is 15.0 Å².